The van der Waals surface area contributed by atoms with E-state index in [4.69, 9.17) is 5.11 Å². The van der Waals surface area contributed by atoms with Crippen molar-refractivity contribution in [1.29, 1.82) is 0 Å². The standard InChI is InChI=1S/C10H16N2O3/c1-4-12-7(3)8(6(2)11-12)5-9(13)10(14)15/h9,13H,4-5H2,1-3H3,(H,14,15). The van der Waals surface area contributed by atoms with Crippen LogP contribution in [-0.4, -0.2) is 32.1 Å². The van der Waals surface area contributed by atoms with Gasteiger partial charge in [0.1, 0.15) is 0 Å². The van der Waals surface area contributed by atoms with Crippen LogP contribution in [0.5, 0.6) is 0 Å². The first-order valence-corrected chi connectivity index (χ1v) is 4.91. The molecular weight excluding hydrogens is 196 g/mol. The van der Waals surface area contributed by atoms with Gasteiger partial charge in [-0.25, -0.2) is 4.79 Å². The molecule has 0 bridgehead atoms. The summed E-state index contributed by atoms with van der Waals surface area (Å²) in [7, 11) is 0. The van der Waals surface area contributed by atoms with Gasteiger partial charge in [-0.15, -0.1) is 0 Å². The molecule has 1 heterocycles. The number of carboxylic acid groups (broad SMARTS) is 1. The molecule has 0 aliphatic heterocycles. The topological polar surface area (TPSA) is 75.3 Å². The number of aliphatic carboxylic acids is 1. The summed E-state index contributed by atoms with van der Waals surface area (Å²) in [6.07, 6.45) is -1.23. The Bertz CT molecular complexity index is 371. The smallest absolute Gasteiger partial charge is 0.332 e. The van der Waals surface area contributed by atoms with Crippen LogP contribution in [0.1, 0.15) is 23.9 Å². The minimum absolute atomic E-state index is 0.118. The average Bonchev–Trinajstić information content (AvgIpc) is 2.44. The van der Waals surface area contributed by atoms with Crippen molar-refractivity contribution in [2.24, 2.45) is 0 Å². The zero-order valence-electron chi connectivity index (χ0n) is 9.19. The van der Waals surface area contributed by atoms with Crippen LogP contribution in [0.25, 0.3) is 0 Å². The van der Waals surface area contributed by atoms with Crippen LogP contribution in [0, 0.1) is 13.8 Å². The van der Waals surface area contributed by atoms with Gasteiger partial charge in [0.25, 0.3) is 0 Å². The Kier molecular flexibility index (Phi) is 3.47. The molecule has 1 aromatic heterocycles. The van der Waals surface area contributed by atoms with Gasteiger partial charge in [0.15, 0.2) is 6.10 Å². The predicted molar refractivity (Wildman–Crippen MR) is 54.7 cm³/mol. The molecular formula is C10H16N2O3. The number of hydrogen-bond donors (Lipinski definition) is 2. The highest BCUT2D eigenvalue weighted by molar-refractivity contribution is 5.72. The molecule has 2 N–H and O–H groups in total. The highest BCUT2D eigenvalue weighted by atomic mass is 16.4. The van der Waals surface area contributed by atoms with Gasteiger partial charge in [-0.05, 0) is 26.3 Å². The summed E-state index contributed by atoms with van der Waals surface area (Å²) in [5, 5.41) is 22.1. The van der Waals surface area contributed by atoms with Gasteiger partial charge in [-0.2, -0.15) is 5.10 Å². The van der Waals surface area contributed by atoms with Crippen LogP contribution in [0.2, 0.25) is 0 Å². The lowest BCUT2D eigenvalue weighted by Crippen LogP contribution is -2.22. The molecule has 1 aromatic rings. The molecule has 5 nitrogen and oxygen atoms in total. The Balaban J connectivity index is 2.94. The van der Waals surface area contributed by atoms with Gasteiger partial charge >= 0.3 is 5.97 Å². The van der Waals surface area contributed by atoms with Crippen molar-refractivity contribution in [3.63, 3.8) is 0 Å². The second-order valence-electron chi connectivity index (χ2n) is 3.52. The maximum Gasteiger partial charge on any atom is 0.332 e. The van der Waals surface area contributed by atoms with Crippen LogP contribution >= 0.6 is 0 Å². The van der Waals surface area contributed by atoms with E-state index < -0.39 is 12.1 Å². The zero-order chi connectivity index (χ0) is 11.6. The molecule has 5 heteroatoms. The monoisotopic (exact) mass is 212 g/mol. The Morgan fingerprint density at radius 2 is 2.13 bits per heavy atom. The lowest BCUT2D eigenvalue weighted by Gasteiger charge is -2.06. The molecule has 1 atom stereocenters. The minimum atomic E-state index is -1.35. The van der Waals surface area contributed by atoms with Gasteiger partial charge in [0.05, 0.1) is 5.69 Å². The zero-order valence-corrected chi connectivity index (χ0v) is 9.19. The van der Waals surface area contributed by atoms with Gasteiger partial charge < -0.3 is 10.2 Å². The fraction of sp³-hybridized carbons (Fsp3) is 0.600. The van der Waals surface area contributed by atoms with Crippen LogP contribution in [-0.2, 0) is 17.8 Å². The molecule has 1 unspecified atom stereocenters. The third-order valence-electron chi connectivity index (χ3n) is 2.51. The molecule has 0 radical (unpaired) electrons. The first-order chi connectivity index (χ1) is 6.97. The number of carbonyl (C=O) groups is 1. The van der Waals surface area contributed by atoms with Gasteiger partial charge in [-0.3, -0.25) is 4.68 Å². The van der Waals surface area contributed by atoms with E-state index >= 15 is 0 Å². The lowest BCUT2D eigenvalue weighted by molar-refractivity contribution is -0.146. The molecule has 0 spiro atoms. The van der Waals surface area contributed by atoms with Crippen molar-refractivity contribution in [3.05, 3.63) is 17.0 Å². The third-order valence-corrected chi connectivity index (χ3v) is 2.51. The first kappa shape index (κ1) is 11.7. The summed E-state index contributed by atoms with van der Waals surface area (Å²) in [4.78, 5) is 10.5. The maximum absolute atomic E-state index is 10.5. The van der Waals surface area contributed by atoms with E-state index in [0.717, 1.165) is 23.5 Å². The minimum Gasteiger partial charge on any atom is -0.479 e. The second kappa shape index (κ2) is 4.44. The normalized spacial score (nSPS) is 12.8. The van der Waals surface area contributed by atoms with E-state index in [1.165, 1.54) is 0 Å². The van der Waals surface area contributed by atoms with Gasteiger partial charge in [-0.1, -0.05) is 0 Å². The molecule has 0 amide bonds. The number of aliphatic hydroxyl groups is 1. The fourth-order valence-corrected chi connectivity index (χ4v) is 1.62. The highest BCUT2D eigenvalue weighted by Gasteiger charge is 2.19. The summed E-state index contributed by atoms with van der Waals surface area (Å²) in [6.45, 7) is 6.42. The van der Waals surface area contributed by atoms with Gasteiger partial charge in [0, 0.05) is 18.7 Å². The van der Waals surface area contributed by atoms with Crippen LogP contribution in [0.3, 0.4) is 0 Å². The molecule has 0 aromatic carbocycles. The van der Waals surface area contributed by atoms with Gasteiger partial charge in [0.2, 0.25) is 0 Å². The van der Waals surface area contributed by atoms with E-state index in [1.807, 2.05) is 20.8 Å². The van der Waals surface area contributed by atoms with Crippen molar-refractivity contribution in [1.82, 2.24) is 9.78 Å². The number of rotatable bonds is 4. The summed E-state index contributed by atoms with van der Waals surface area (Å²) < 4.78 is 1.80. The van der Waals surface area contributed by atoms with Crippen molar-refractivity contribution in [2.45, 2.75) is 39.8 Å². The second-order valence-corrected chi connectivity index (χ2v) is 3.52. The van der Waals surface area contributed by atoms with E-state index in [0.29, 0.717) is 0 Å². The fourth-order valence-electron chi connectivity index (χ4n) is 1.62. The number of aromatic nitrogens is 2. The largest absolute Gasteiger partial charge is 0.479 e. The van der Waals surface area contributed by atoms with Crippen molar-refractivity contribution in [3.8, 4) is 0 Å². The summed E-state index contributed by atoms with van der Waals surface area (Å²) in [6, 6.07) is 0. The van der Waals surface area contributed by atoms with Crippen LogP contribution in [0.4, 0.5) is 0 Å². The number of carboxylic acids is 1. The van der Waals surface area contributed by atoms with Crippen LogP contribution in [0.15, 0.2) is 0 Å². The summed E-state index contributed by atoms with van der Waals surface area (Å²) in [5.74, 6) is -1.20. The molecule has 84 valence electrons. The predicted octanol–water partition coefficient (Wildman–Crippen LogP) is 0.508. The molecule has 15 heavy (non-hydrogen) atoms. The quantitative estimate of drug-likeness (QED) is 0.762. The van der Waals surface area contributed by atoms with Crippen molar-refractivity contribution in [2.75, 3.05) is 0 Å². The van der Waals surface area contributed by atoms with Crippen molar-refractivity contribution >= 4 is 5.97 Å². The summed E-state index contributed by atoms with van der Waals surface area (Å²) in [5.41, 5.74) is 2.54. The first-order valence-electron chi connectivity index (χ1n) is 4.91. The molecule has 0 fully saturated rings. The van der Waals surface area contributed by atoms with Crippen LogP contribution < -0.4 is 0 Å². The molecule has 0 aliphatic carbocycles. The number of aryl methyl sites for hydroxylation is 2. The Morgan fingerprint density at radius 1 is 1.53 bits per heavy atom. The van der Waals surface area contributed by atoms with E-state index in [1.54, 1.807) is 4.68 Å². The van der Waals surface area contributed by atoms with Crippen molar-refractivity contribution < 1.29 is 15.0 Å². The highest BCUT2D eigenvalue weighted by Crippen LogP contribution is 2.15. The van der Waals surface area contributed by atoms with E-state index in [2.05, 4.69) is 5.10 Å². The molecule has 0 saturated carbocycles. The summed E-state index contributed by atoms with van der Waals surface area (Å²) >= 11 is 0. The third kappa shape index (κ3) is 2.36. The number of aliphatic hydroxyl groups excluding tert-OH is 1. The van der Waals surface area contributed by atoms with E-state index in [-0.39, 0.29) is 6.42 Å². The Hall–Kier alpha value is -1.36. The van der Waals surface area contributed by atoms with E-state index in [9.17, 15) is 9.90 Å². The molecule has 1 rings (SSSR count). The Labute approximate surface area is 88.3 Å². The number of hydrogen-bond acceptors (Lipinski definition) is 3. The number of nitrogens with zero attached hydrogens (tertiary/aromatic N) is 2. The molecule has 0 aliphatic rings. The molecule has 0 saturated heterocycles. The maximum atomic E-state index is 10.5. The Morgan fingerprint density at radius 3 is 2.53 bits per heavy atom. The average molecular weight is 212 g/mol. The lowest BCUT2D eigenvalue weighted by atomic mass is 10.1. The SMILES string of the molecule is CCn1nc(C)c(CC(O)C(=O)O)c1C.